The van der Waals surface area contributed by atoms with Gasteiger partial charge in [0.2, 0.25) is 0 Å². The zero-order valence-corrected chi connectivity index (χ0v) is 18.1. The van der Waals surface area contributed by atoms with Gasteiger partial charge in [-0.2, -0.15) is 0 Å². The number of aliphatic hydroxyl groups is 1. The van der Waals surface area contributed by atoms with Crippen molar-refractivity contribution >= 4 is 11.4 Å². The molecule has 1 saturated heterocycles. The number of aliphatic hydroxyl groups excluding tert-OH is 1. The molecular weight excluding hydrogens is 417 g/mol. The highest BCUT2D eigenvalue weighted by Gasteiger charge is 2.35. The largest absolute Gasteiger partial charge is 0.393 e. The van der Waals surface area contributed by atoms with Gasteiger partial charge in [0.05, 0.1) is 17.8 Å². The second-order valence-electron chi connectivity index (χ2n) is 8.39. The summed E-state index contributed by atoms with van der Waals surface area (Å²) in [6.45, 7) is 1.39. The Morgan fingerprint density at radius 3 is 2.42 bits per heavy atom. The topological polar surface area (TPSA) is 66.2 Å². The summed E-state index contributed by atoms with van der Waals surface area (Å²) in [7, 11) is 0. The van der Waals surface area contributed by atoms with E-state index in [1.807, 2.05) is 47.0 Å². The van der Waals surface area contributed by atoms with E-state index in [4.69, 9.17) is 0 Å². The molecule has 33 heavy (non-hydrogen) atoms. The highest BCUT2D eigenvalue weighted by atomic mass is 19.1. The molecule has 0 saturated carbocycles. The van der Waals surface area contributed by atoms with Gasteiger partial charge in [-0.25, -0.2) is 4.39 Å². The summed E-state index contributed by atoms with van der Waals surface area (Å²) in [5, 5.41) is 22.5. The average molecular weight is 444 g/mol. The van der Waals surface area contributed by atoms with Gasteiger partial charge in [0.25, 0.3) is 0 Å². The lowest BCUT2D eigenvalue weighted by Crippen LogP contribution is -2.47. The highest BCUT2D eigenvalue weighted by Crippen LogP contribution is 2.35. The molecule has 1 aliphatic rings. The van der Waals surface area contributed by atoms with Gasteiger partial charge in [-0.15, -0.1) is 10.2 Å². The van der Waals surface area contributed by atoms with Crippen LogP contribution in [-0.4, -0.2) is 39.1 Å². The molecule has 1 aromatic heterocycles. The quantitative estimate of drug-likeness (QED) is 0.461. The molecule has 5 rings (SSSR count). The number of anilines is 2. The molecular formula is C26H26FN5O. The van der Waals surface area contributed by atoms with Crippen LogP contribution in [0.4, 0.5) is 15.8 Å². The zero-order chi connectivity index (χ0) is 22.6. The summed E-state index contributed by atoms with van der Waals surface area (Å²) < 4.78 is 15.3. The minimum atomic E-state index is -0.458. The average Bonchev–Trinajstić information content (AvgIpc) is 3.40. The van der Waals surface area contributed by atoms with Gasteiger partial charge in [0.15, 0.2) is 0 Å². The molecule has 0 amide bonds. The standard InChI is InChI=1S/C26H26FN5O/c27-20-9-11-22(12-10-20)31-14-13-25(33)24(16-31)26(19-5-2-1-3-6-19)30-21-7-4-8-23(15-21)32-17-28-29-18-32/h1-12,15,17-18,24-26,30,33H,13-14,16H2/t24-,25-,26-/m1/s1. The van der Waals surface area contributed by atoms with Crippen LogP contribution in [0.2, 0.25) is 0 Å². The molecule has 1 fully saturated rings. The van der Waals surface area contributed by atoms with Crippen molar-refractivity contribution in [3.63, 3.8) is 0 Å². The van der Waals surface area contributed by atoms with E-state index in [9.17, 15) is 9.50 Å². The van der Waals surface area contributed by atoms with Crippen LogP contribution in [0.25, 0.3) is 5.69 Å². The number of aromatic nitrogens is 3. The van der Waals surface area contributed by atoms with Gasteiger partial charge < -0.3 is 15.3 Å². The third-order valence-electron chi connectivity index (χ3n) is 6.28. The van der Waals surface area contributed by atoms with Crippen LogP contribution in [0, 0.1) is 11.7 Å². The van der Waals surface area contributed by atoms with Crippen LogP contribution in [0.3, 0.4) is 0 Å². The Balaban J connectivity index is 1.45. The molecule has 2 N–H and O–H groups in total. The predicted octanol–water partition coefficient (Wildman–Crippen LogP) is 4.45. The molecule has 6 nitrogen and oxygen atoms in total. The van der Waals surface area contributed by atoms with E-state index >= 15 is 0 Å². The van der Waals surface area contributed by atoms with E-state index in [1.54, 1.807) is 24.8 Å². The number of rotatable bonds is 6. The minimum Gasteiger partial charge on any atom is -0.393 e. The molecule has 0 spiro atoms. The molecule has 4 aromatic rings. The monoisotopic (exact) mass is 443 g/mol. The van der Waals surface area contributed by atoms with Crippen LogP contribution in [0.5, 0.6) is 0 Å². The SMILES string of the molecule is O[C@@H]1CCN(c2ccc(F)cc2)C[C@H]1[C@H](Nc1cccc(-n2cnnc2)c1)c1ccccc1. The summed E-state index contributed by atoms with van der Waals surface area (Å²) in [6.07, 6.45) is 3.52. The third-order valence-corrected chi connectivity index (χ3v) is 6.28. The molecule has 7 heteroatoms. The van der Waals surface area contributed by atoms with Crippen LogP contribution >= 0.6 is 0 Å². The Hall–Kier alpha value is -3.71. The van der Waals surface area contributed by atoms with E-state index in [0.717, 1.165) is 29.2 Å². The van der Waals surface area contributed by atoms with E-state index in [1.165, 1.54) is 12.1 Å². The smallest absolute Gasteiger partial charge is 0.123 e. The first-order chi connectivity index (χ1) is 16.2. The fraction of sp³-hybridized carbons (Fsp3) is 0.231. The molecule has 0 bridgehead atoms. The Labute approximate surface area is 192 Å². The number of piperidine rings is 1. The van der Waals surface area contributed by atoms with Crippen LogP contribution in [0.1, 0.15) is 18.0 Å². The maximum atomic E-state index is 13.4. The Kier molecular flexibility index (Phi) is 6.04. The number of halogens is 1. The number of hydrogen-bond donors (Lipinski definition) is 2. The van der Waals surface area contributed by atoms with E-state index in [-0.39, 0.29) is 17.8 Å². The van der Waals surface area contributed by atoms with Crippen molar-refractivity contribution in [2.24, 2.45) is 5.92 Å². The molecule has 0 aliphatic carbocycles. The molecule has 0 unspecified atom stereocenters. The first-order valence-electron chi connectivity index (χ1n) is 11.1. The summed E-state index contributed by atoms with van der Waals surface area (Å²) in [5.74, 6) is -0.311. The van der Waals surface area contributed by atoms with Crippen molar-refractivity contribution in [2.45, 2.75) is 18.6 Å². The molecule has 0 radical (unpaired) electrons. The van der Waals surface area contributed by atoms with Crippen molar-refractivity contribution in [3.8, 4) is 5.69 Å². The van der Waals surface area contributed by atoms with Gasteiger partial charge in [-0.1, -0.05) is 36.4 Å². The van der Waals surface area contributed by atoms with Crippen molar-refractivity contribution in [3.05, 3.63) is 103 Å². The molecule has 1 aliphatic heterocycles. The van der Waals surface area contributed by atoms with E-state index < -0.39 is 6.10 Å². The zero-order valence-electron chi connectivity index (χ0n) is 18.1. The van der Waals surface area contributed by atoms with E-state index in [2.05, 4.69) is 32.5 Å². The Bertz CT molecular complexity index is 1170. The first kappa shape index (κ1) is 21.2. The lowest BCUT2D eigenvalue weighted by Gasteiger charge is -2.42. The first-order valence-corrected chi connectivity index (χ1v) is 11.1. The summed E-state index contributed by atoms with van der Waals surface area (Å²) in [5.41, 5.74) is 3.97. The second kappa shape index (κ2) is 9.42. The Morgan fingerprint density at radius 2 is 1.67 bits per heavy atom. The molecule has 3 aromatic carbocycles. The maximum absolute atomic E-state index is 13.4. The summed E-state index contributed by atoms with van der Waals surface area (Å²) in [4.78, 5) is 2.22. The molecule has 3 atom stereocenters. The minimum absolute atomic E-state index is 0.0650. The fourth-order valence-electron chi connectivity index (χ4n) is 4.55. The van der Waals surface area contributed by atoms with Crippen molar-refractivity contribution in [1.82, 2.24) is 14.8 Å². The maximum Gasteiger partial charge on any atom is 0.123 e. The molecule has 2 heterocycles. The summed E-state index contributed by atoms with van der Waals surface area (Å²) in [6, 6.07) is 24.7. The summed E-state index contributed by atoms with van der Waals surface area (Å²) >= 11 is 0. The normalized spacial score (nSPS) is 19.3. The number of benzene rings is 3. The number of nitrogens with one attached hydrogen (secondary N) is 1. The van der Waals surface area contributed by atoms with E-state index in [0.29, 0.717) is 13.0 Å². The highest BCUT2D eigenvalue weighted by molar-refractivity contribution is 5.53. The van der Waals surface area contributed by atoms with Crippen molar-refractivity contribution < 1.29 is 9.50 Å². The lowest BCUT2D eigenvalue weighted by molar-refractivity contribution is 0.0775. The predicted molar refractivity (Wildman–Crippen MR) is 127 cm³/mol. The van der Waals surface area contributed by atoms with Gasteiger partial charge in [-0.05, 0) is 54.4 Å². The second-order valence-corrected chi connectivity index (χ2v) is 8.39. The van der Waals surface area contributed by atoms with Crippen molar-refractivity contribution in [1.29, 1.82) is 0 Å². The van der Waals surface area contributed by atoms with Gasteiger partial charge in [-0.3, -0.25) is 4.57 Å². The number of nitrogens with zero attached hydrogens (tertiary/aromatic N) is 4. The van der Waals surface area contributed by atoms with Gasteiger partial charge in [0.1, 0.15) is 18.5 Å². The van der Waals surface area contributed by atoms with Crippen LogP contribution in [0.15, 0.2) is 91.5 Å². The van der Waals surface area contributed by atoms with Crippen LogP contribution < -0.4 is 10.2 Å². The van der Waals surface area contributed by atoms with Gasteiger partial charge in [0, 0.05) is 30.4 Å². The fourth-order valence-corrected chi connectivity index (χ4v) is 4.55. The number of hydrogen-bond acceptors (Lipinski definition) is 5. The van der Waals surface area contributed by atoms with Gasteiger partial charge >= 0.3 is 0 Å². The lowest BCUT2D eigenvalue weighted by atomic mass is 9.83. The molecule has 168 valence electrons. The van der Waals surface area contributed by atoms with Crippen molar-refractivity contribution in [2.75, 3.05) is 23.3 Å². The Morgan fingerprint density at radius 1 is 0.909 bits per heavy atom. The van der Waals surface area contributed by atoms with Crippen LogP contribution in [-0.2, 0) is 0 Å². The third kappa shape index (κ3) is 4.73.